The number of benzene rings is 2. The SMILES string of the molecule is Oc1ccc2c(sc3c(C(F)(F)F)c(I)ccc32)c1C(F)(F)F. The number of hydrogen-bond donors (Lipinski definition) is 1. The molecule has 0 aliphatic heterocycles. The summed E-state index contributed by atoms with van der Waals surface area (Å²) in [6.45, 7) is 0. The van der Waals surface area contributed by atoms with Gasteiger partial charge in [-0.3, -0.25) is 0 Å². The maximum Gasteiger partial charge on any atom is 0.421 e. The van der Waals surface area contributed by atoms with Crippen molar-refractivity contribution in [2.75, 3.05) is 0 Å². The van der Waals surface area contributed by atoms with Crippen molar-refractivity contribution in [3.8, 4) is 5.75 Å². The molecule has 0 radical (unpaired) electrons. The molecule has 1 aromatic heterocycles. The molecular formula is C14H5F6IOS. The van der Waals surface area contributed by atoms with Crippen LogP contribution < -0.4 is 0 Å². The Balaban J connectivity index is 2.54. The lowest BCUT2D eigenvalue weighted by Gasteiger charge is -2.10. The van der Waals surface area contributed by atoms with Crippen LogP contribution in [0.1, 0.15) is 11.1 Å². The van der Waals surface area contributed by atoms with Crippen molar-refractivity contribution in [1.82, 2.24) is 0 Å². The van der Waals surface area contributed by atoms with E-state index in [-0.39, 0.29) is 19.0 Å². The van der Waals surface area contributed by atoms with Gasteiger partial charge in [0.15, 0.2) is 0 Å². The number of fused-ring (bicyclic) bond motifs is 3. The third-order valence-electron chi connectivity index (χ3n) is 3.30. The van der Waals surface area contributed by atoms with E-state index in [1.54, 1.807) is 0 Å². The lowest BCUT2D eigenvalue weighted by Crippen LogP contribution is -2.07. The van der Waals surface area contributed by atoms with Crippen LogP contribution in [0.25, 0.3) is 20.2 Å². The van der Waals surface area contributed by atoms with Gasteiger partial charge in [-0.05, 0) is 40.8 Å². The number of rotatable bonds is 0. The molecule has 0 aliphatic carbocycles. The first kappa shape index (κ1) is 16.6. The Labute approximate surface area is 142 Å². The van der Waals surface area contributed by atoms with E-state index in [2.05, 4.69) is 0 Å². The summed E-state index contributed by atoms with van der Waals surface area (Å²) < 4.78 is 78.4. The molecule has 0 saturated carbocycles. The molecule has 0 aliphatic rings. The van der Waals surface area contributed by atoms with Gasteiger partial charge in [0.1, 0.15) is 11.3 Å². The minimum absolute atomic E-state index is 0.0389. The van der Waals surface area contributed by atoms with Crippen LogP contribution in [-0.4, -0.2) is 5.11 Å². The quantitative estimate of drug-likeness (QED) is 0.303. The van der Waals surface area contributed by atoms with Crippen LogP contribution >= 0.6 is 33.9 Å². The monoisotopic (exact) mass is 462 g/mol. The third kappa shape index (κ3) is 2.63. The molecule has 0 unspecified atom stereocenters. The first-order valence-electron chi connectivity index (χ1n) is 6.03. The van der Waals surface area contributed by atoms with Crippen molar-refractivity contribution >= 4 is 54.1 Å². The van der Waals surface area contributed by atoms with Gasteiger partial charge in [-0.1, -0.05) is 6.07 Å². The summed E-state index contributed by atoms with van der Waals surface area (Å²) >= 11 is 1.90. The number of aromatic hydroxyl groups is 1. The Kier molecular flexibility index (Phi) is 3.71. The molecule has 2 aromatic carbocycles. The van der Waals surface area contributed by atoms with E-state index in [9.17, 15) is 31.4 Å². The van der Waals surface area contributed by atoms with Crippen LogP contribution in [0.5, 0.6) is 5.75 Å². The van der Waals surface area contributed by atoms with Crippen LogP contribution in [-0.2, 0) is 12.4 Å². The Morgan fingerprint density at radius 2 is 1.26 bits per heavy atom. The fourth-order valence-electron chi connectivity index (χ4n) is 2.41. The van der Waals surface area contributed by atoms with Gasteiger partial charge in [0.05, 0.1) is 10.3 Å². The summed E-state index contributed by atoms with van der Waals surface area (Å²) in [5, 5.41) is 9.64. The molecule has 9 heteroatoms. The van der Waals surface area contributed by atoms with Crippen molar-refractivity contribution in [2.24, 2.45) is 0 Å². The van der Waals surface area contributed by atoms with E-state index < -0.39 is 33.9 Å². The molecule has 1 nitrogen and oxygen atoms in total. The molecule has 3 rings (SSSR count). The summed E-state index contributed by atoms with van der Waals surface area (Å²) in [6.07, 6.45) is -9.55. The van der Waals surface area contributed by atoms with Gasteiger partial charge in [0, 0.05) is 19.0 Å². The van der Waals surface area contributed by atoms with Gasteiger partial charge in [-0.15, -0.1) is 11.3 Å². The second kappa shape index (κ2) is 5.13. The molecule has 23 heavy (non-hydrogen) atoms. The zero-order valence-corrected chi connectivity index (χ0v) is 13.8. The Morgan fingerprint density at radius 3 is 1.78 bits per heavy atom. The molecule has 0 atom stereocenters. The van der Waals surface area contributed by atoms with Crippen molar-refractivity contribution in [2.45, 2.75) is 12.4 Å². The standard InChI is InChI=1S/C14H5F6IOS/c15-13(16,17)9-7(21)3-1-5-6-2-4-8(22)10(14(18,19)20)12(6)23-11(5)9/h1-4,22H. The minimum atomic E-state index is -4.87. The summed E-state index contributed by atoms with van der Waals surface area (Å²) in [4.78, 5) is 0. The highest BCUT2D eigenvalue weighted by Crippen LogP contribution is 2.49. The summed E-state index contributed by atoms with van der Waals surface area (Å²) in [5.41, 5.74) is -2.26. The van der Waals surface area contributed by atoms with Crippen molar-refractivity contribution < 1.29 is 31.4 Å². The van der Waals surface area contributed by atoms with E-state index in [1.165, 1.54) is 40.8 Å². The Hall–Kier alpha value is -1.23. The maximum atomic E-state index is 13.3. The normalized spacial score (nSPS) is 13.2. The van der Waals surface area contributed by atoms with Gasteiger partial charge < -0.3 is 5.11 Å². The van der Waals surface area contributed by atoms with Crippen molar-refractivity contribution in [3.63, 3.8) is 0 Å². The summed E-state index contributed by atoms with van der Waals surface area (Å²) in [6, 6.07) is 4.63. The largest absolute Gasteiger partial charge is 0.507 e. The van der Waals surface area contributed by atoms with Gasteiger partial charge >= 0.3 is 12.4 Å². The van der Waals surface area contributed by atoms with E-state index in [4.69, 9.17) is 0 Å². The average molecular weight is 462 g/mol. The zero-order chi connectivity index (χ0) is 17.2. The number of halogens is 7. The van der Waals surface area contributed by atoms with E-state index in [0.29, 0.717) is 11.3 Å². The molecule has 0 spiro atoms. The van der Waals surface area contributed by atoms with Gasteiger partial charge in [-0.25, -0.2) is 0 Å². The first-order chi connectivity index (χ1) is 10.5. The Bertz CT molecular complexity index is 851. The zero-order valence-electron chi connectivity index (χ0n) is 10.8. The maximum absolute atomic E-state index is 13.3. The minimum Gasteiger partial charge on any atom is -0.507 e. The second-order valence-corrected chi connectivity index (χ2v) is 6.92. The molecule has 3 aromatic rings. The predicted molar refractivity (Wildman–Crippen MR) is 83.7 cm³/mol. The van der Waals surface area contributed by atoms with E-state index >= 15 is 0 Å². The summed E-state index contributed by atoms with van der Waals surface area (Å²) in [7, 11) is 0. The number of thiophene rings is 1. The van der Waals surface area contributed by atoms with Crippen LogP contribution in [0.4, 0.5) is 26.3 Å². The molecule has 0 fully saturated rings. The van der Waals surface area contributed by atoms with Gasteiger partial charge in [0.25, 0.3) is 0 Å². The molecule has 122 valence electrons. The highest BCUT2D eigenvalue weighted by Gasteiger charge is 2.39. The number of hydrogen-bond acceptors (Lipinski definition) is 2. The van der Waals surface area contributed by atoms with Crippen LogP contribution in [0.3, 0.4) is 0 Å². The highest BCUT2D eigenvalue weighted by atomic mass is 127. The molecule has 1 N–H and O–H groups in total. The van der Waals surface area contributed by atoms with Crippen LogP contribution in [0, 0.1) is 3.57 Å². The second-order valence-electron chi connectivity index (χ2n) is 4.73. The number of alkyl halides is 6. The topological polar surface area (TPSA) is 20.2 Å². The van der Waals surface area contributed by atoms with E-state index in [0.717, 1.165) is 6.07 Å². The van der Waals surface area contributed by atoms with Gasteiger partial charge in [-0.2, -0.15) is 26.3 Å². The van der Waals surface area contributed by atoms with E-state index in [1.807, 2.05) is 0 Å². The fourth-order valence-corrected chi connectivity index (χ4v) is 4.78. The highest BCUT2D eigenvalue weighted by molar-refractivity contribution is 14.1. The first-order valence-corrected chi connectivity index (χ1v) is 7.92. The molecule has 1 heterocycles. The van der Waals surface area contributed by atoms with Crippen LogP contribution in [0.15, 0.2) is 24.3 Å². The predicted octanol–water partition coefficient (Wildman–Crippen LogP) is 6.40. The lowest BCUT2D eigenvalue weighted by molar-refractivity contribution is -0.137. The van der Waals surface area contributed by atoms with Crippen LogP contribution in [0.2, 0.25) is 0 Å². The number of phenols is 1. The van der Waals surface area contributed by atoms with Crippen molar-refractivity contribution in [3.05, 3.63) is 39.0 Å². The Morgan fingerprint density at radius 1 is 0.783 bits per heavy atom. The van der Waals surface area contributed by atoms with Crippen molar-refractivity contribution in [1.29, 1.82) is 0 Å². The van der Waals surface area contributed by atoms with Gasteiger partial charge in [0.2, 0.25) is 0 Å². The molecule has 0 bridgehead atoms. The lowest BCUT2D eigenvalue weighted by atomic mass is 10.1. The average Bonchev–Trinajstić information content (AvgIpc) is 2.72. The fraction of sp³-hybridized carbons (Fsp3) is 0.143. The molecular weight excluding hydrogens is 457 g/mol. The molecule has 0 saturated heterocycles. The molecule has 0 amide bonds. The third-order valence-corrected chi connectivity index (χ3v) is 5.46. The number of phenolic OH excluding ortho intramolecular Hbond substituents is 1. The summed E-state index contributed by atoms with van der Waals surface area (Å²) in [5.74, 6) is -1.00. The smallest absolute Gasteiger partial charge is 0.421 e.